The molecule has 3 aromatic rings. The molecule has 6 heteroatoms. The van der Waals surface area contributed by atoms with E-state index in [2.05, 4.69) is 20.7 Å². The summed E-state index contributed by atoms with van der Waals surface area (Å²) in [5.41, 5.74) is 6.15. The molecule has 0 aliphatic carbocycles. The number of amides is 1. The van der Waals surface area contributed by atoms with Gasteiger partial charge < -0.3 is 0 Å². The molecule has 3 rings (SSSR count). The van der Waals surface area contributed by atoms with Crippen LogP contribution in [0.3, 0.4) is 0 Å². The zero-order valence-corrected chi connectivity index (χ0v) is 13.0. The van der Waals surface area contributed by atoms with Crippen LogP contribution in [0.4, 0.5) is 4.39 Å². The number of rotatable bonds is 4. The van der Waals surface area contributed by atoms with Crippen LogP contribution in [0.25, 0.3) is 11.3 Å². The lowest BCUT2D eigenvalue weighted by molar-refractivity contribution is 0.0950. The van der Waals surface area contributed by atoms with Gasteiger partial charge in [-0.3, -0.25) is 9.89 Å². The van der Waals surface area contributed by atoms with Gasteiger partial charge in [0.15, 0.2) is 0 Å². The number of nitrogens with one attached hydrogen (secondary N) is 2. The molecule has 0 fully saturated rings. The summed E-state index contributed by atoms with van der Waals surface area (Å²) in [6, 6.07) is 15.3. The Bertz CT molecular complexity index is 867. The smallest absolute Gasteiger partial charge is 0.272 e. The topological polar surface area (TPSA) is 70.1 Å². The first-order valence-corrected chi connectivity index (χ1v) is 7.33. The van der Waals surface area contributed by atoms with E-state index in [1.807, 2.05) is 31.2 Å². The van der Waals surface area contributed by atoms with Gasteiger partial charge >= 0.3 is 0 Å². The van der Waals surface area contributed by atoms with Crippen molar-refractivity contribution < 1.29 is 9.18 Å². The minimum Gasteiger partial charge on any atom is -0.272 e. The second kappa shape index (κ2) is 6.87. The number of halogens is 1. The molecule has 120 valence electrons. The summed E-state index contributed by atoms with van der Waals surface area (Å²) < 4.78 is 12.8. The molecule has 0 aliphatic heterocycles. The Morgan fingerprint density at radius 3 is 2.58 bits per heavy atom. The molecule has 0 bridgehead atoms. The number of carbonyl (C=O) groups excluding carboxylic acids is 1. The monoisotopic (exact) mass is 322 g/mol. The highest BCUT2D eigenvalue weighted by atomic mass is 19.1. The van der Waals surface area contributed by atoms with E-state index >= 15 is 0 Å². The molecule has 1 aromatic heterocycles. The first-order valence-electron chi connectivity index (χ1n) is 7.33. The van der Waals surface area contributed by atoms with E-state index in [9.17, 15) is 9.18 Å². The van der Waals surface area contributed by atoms with Crippen molar-refractivity contribution in [3.05, 3.63) is 77.2 Å². The second-order valence-corrected chi connectivity index (χ2v) is 5.28. The number of nitrogens with zero attached hydrogens (tertiary/aromatic N) is 2. The van der Waals surface area contributed by atoms with E-state index in [0.29, 0.717) is 17.0 Å². The number of aromatic amines is 1. The van der Waals surface area contributed by atoms with E-state index in [0.717, 1.165) is 11.1 Å². The molecular formula is C18H15FN4O. The Kier molecular flexibility index (Phi) is 4.47. The quantitative estimate of drug-likeness (QED) is 0.571. The standard InChI is InChI=1S/C18H15FN4O/c1-12-2-6-14(7-3-12)16-10-17(22-21-16)18(24)23-20-11-13-4-8-15(19)9-5-13/h2-11H,1H3,(H,21,22)(H,23,24). The van der Waals surface area contributed by atoms with E-state index < -0.39 is 5.91 Å². The summed E-state index contributed by atoms with van der Waals surface area (Å²) in [6.07, 6.45) is 1.44. The summed E-state index contributed by atoms with van der Waals surface area (Å²) >= 11 is 0. The molecular weight excluding hydrogens is 307 g/mol. The molecule has 0 spiro atoms. The van der Waals surface area contributed by atoms with Gasteiger partial charge in [-0.1, -0.05) is 42.0 Å². The number of aryl methyl sites for hydroxylation is 1. The van der Waals surface area contributed by atoms with Crippen LogP contribution in [0.2, 0.25) is 0 Å². The lowest BCUT2D eigenvalue weighted by Crippen LogP contribution is -2.17. The maximum absolute atomic E-state index is 12.8. The lowest BCUT2D eigenvalue weighted by atomic mass is 10.1. The summed E-state index contributed by atoms with van der Waals surface area (Å²) in [5, 5.41) is 10.7. The van der Waals surface area contributed by atoms with Crippen LogP contribution in [-0.4, -0.2) is 22.3 Å². The summed E-state index contributed by atoms with van der Waals surface area (Å²) in [5.74, 6) is -0.725. The van der Waals surface area contributed by atoms with Crippen molar-refractivity contribution in [3.8, 4) is 11.3 Å². The molecule has 0 atom stereocenters. The Labute approximate surface area is 138 Å². The van der Waals surface area contributed by atoms with Gasteiger partial charge in [0, 0.05) is 5.56 Å². The largest absolute Gasteiger partial charge is 0.289 e. The highest BCUT2D eigenvalue weighted by molar-refractivity contribution is 5.94. The fraction of sp³-hybridized carbons (Fsp3) is 0.0556. The minimum atomic E-state index is -0.403. The maximum atomic E-state index is 12.8. The van der Waals surface area contributed by atoms with Crippen LogP contribution in [0.5, 0.6) is 0 Å². The van der Waals surface area contributed by atoms with Crippen LogP contribution in [0, 0.1) is 12.7 Å². The number of hydrogen-bond acceptors (Lipinski definition) is 3. The summed E-state index contributed by atoms with van der Waals surface area (Å²) in [4.78, 5) is 12.0. The van der Waals surface area contributed by atoms with Crippen molar-refractivity contribution >= 4 is 12.1 Å². The Morgan fingerprint density at radius 2 is 1.88 bits per heavy atom. The van der Waals surface area contributed by atoms with Crippen LogP contribution in [0.1, 0.15) is 21.6 Å². The van der Waals surface area contributed by atoms with E-state index in [4.69, 9.17) is 0 Å². The average molecular weight is 322 g/mol. The zero-order chi connectivity index (χ0) is 16.9. The Morgan fingerprint density at radius 1 is 1.17 bits per heavy atom. The molecule has 0 saturated heterocycles. The van der Waals surface area contributed by atoms with Crippen molar-refractivity contribution in [2.75, 3.05) is 0 Å². The van der Waals surface area contributed by atoms with Crippen LogP contribution >= 0.6 is 0 Å². The number of H-pyrrole nitrogens is 1. The van der Waals surface area contributed by atoms with Gasteiger partial charge in [0.2, 0.25) is 0 Å². The van der Waals surface area contributed by atoms with Gasteiger partial charge in [0.05, 0.1) is 11.9 Å². The van der Waals surface area contributed by atoms with Gasteiger partial charge in [0.25, 0.3) is 5.91 Å². The molecule has 0 saturated carbocycles. The van der Waals surface area contributed by atoms with Crippen molar-refractivity contribution in [2.24, 2.45) is 5.10 Å². The first kappa shape index (κ1) is 15.6. The number of hydrogen-bond donors (Lipinski definition) is 2. The van der Waals surface area contributed by atoms with Gasteiger partial charge in [-0.25, -0.2) is 9.82 Å². The molecule has 24 heavy (non-hydrogen) atoms. The number of aromatic nitrogens is 2. The van der Waals surface area contributed by atoms with Crippen molar-refractivity contribution in [2.45, 2.75) is 6.92 Å². The summed E-state index contributed by atoms with van der Waals surface area (Å²) in [6.45, 7) is 2.01. The van der Waals surface area contributed by atoms with Crippen molar-refractivity contribution in [1.82, 2.24) is 15.6 Å². The first-order chi connectivity index (χ1) is 11.6. The van der Waals surface area contributed by atoms with Crippen molar-refractivity contribution in [1.29, 1.82) is 0 Å². The van der Waals surface area contributed by atoms with Crippen LogP contribution in [0.15, 0.2) is 59.7 Å². The summed E-state index contributed by atoms with van der Waals surface area (Å²) in [7, 11) is 0. The highest BCUT2D eigenvalue weighted by Crippen LogP contribution is 2.18. The van der Waals surface area contributed by atoms with E-state index in [-0.39, 0.29) is 5.82 Å². The molecule has 1 heterocycles. The molecule has 1 amide bonds. The number of benzene rings is 2. The Balaban J connectivity index is 1.65. The molecule has 0 unspecified atom stereocenters. The molecule has 0 radical (unpaired) electrons. The van der Waals surface area contributed by atoms with Gasteiger partial charge in [-0.05, 0) is 30.7 Å². The molecule has 5 nitrogen and oxygen atoms in total. The minimum absolute atomic E-state index is 0.307. The predicted octanol–water partition coefficient (Wildman–Crippen LogP) is 3.29. The average Bonchev–Trinajstić information content (AvgIpc) is 3.07. The Hall–Kier alpha value is -3.28. The zero-order valence-electron chi connectivity index (χ0n) is 13.0. The SMILES string of the molecule is Cc1ccc(-c2cc(C(=O)NN=Cc3ccc(F)cc3)[nH]n2)cc1. The molecule has 2 aromatic carbocycles. The second-order valence-electron chi connectivity index (χ2n) is 5.28. The third kappa shape index (κ3) is 3.73. The maximum Gasteiger partial charge on any atom is 0.289 e. The number of hydrazone groups is 1. The molecule has 0 aliphatic rings. The van der Waals surface area contributed by atoms with E-state index in [1.54, 1.807) is 18.2 Å². The molecule has 2 N–H and O–H groups in total. The predicted molar refractivity (Wildman–Crippen MR) is 90.2 cm³/mol. The van der Waals surface area contributed by atoms with Gasteiger partial charge in [-0.2, -0.15) is 10.2 Å². The third-order valence-corrected chi connectivity index (χ3v) is 3.42. The van der Waals surface area contributed by atoms with Crippen LogP contribution < -0.4 is 5.43 Å². The fourth-order valence-corrected chi connectivity index (χ4v) is 2.08. The fourth-order valence-electron chi connectivity index (χ4n) is 2.08. The van der Waals surface area contributed by atoms with Crippen LogP contribution in [-0.2, 0) is 0 Å². The highest BCUT2D eigenvalue weighted by Gasteiger charge is 2.10. The normalized spacial score (nSPS) is 10.9. The number of carbonyl (C=O) groups is 1. The van der Waals surface area contributed by atoms with E-state index in [1.165, 1.54) is 18.3 Å². The van der Waals surface area contributed by atoms with Crippen molar-refractivity contribution in [3.63, 3.8) is 0 Å². The lowest BCUT2D eigenvalue weighted by Gasteiger charge is -1.97. The third-order valence-electron chi connectivity index (χ3n) is 3.42. The van der Waals surface area contributed by atoms with Gasteiger partial charge in [-0.15, -0.1) is 0 Å². The van der Waals surface area contributed by atoms with Gasteiger partial charge in [0.1, 0.15) is 11.5 Å².